The van der Waals surface area contributed by atoms with Crippen LogP contribution >= 0.6 is 12.4 Å². The molecule has 27 heavy (non-hydrogen) atoms. The van der Waals surface area contributed by atoms with Gasteiger partial charge in [0.25, 0.3) is 11.8 Å². The van der Waals surface area contributed by atoms with Crippen LogP contribution in [0.2, 0.25) is 0 Å². The Labute approximate surface area is 162 Å². The highest BCUT2D eigenvalue weighted by atomic mass is 35.5. The second-order valence-electron chi connectivity index (χ2n) is 6.32. The number of hydrogen-bond donors (Lipinski definition) is 2. The average molecular weight is 392 g/mol. The highest BCUT2D eigenvalue weighted by Crippen LogP contribution is 2.30. The van der Waals surface area contributed by atoms with E-state index in [9.17, 15) is 14.0 Å². The first-order valence-electron chi connectivity index (χ1n) is 8.46. The molecular formula is C19H19ClFN3O3. The average Bonchev–Trinajstić information content (AvgIpc) is 2.67. The number of carbonyl (C=O) groups is 2. The number of hydrogen-bond acceptors (Lipinski definition) is 4. The lowest BCUT2D eigenvalue weighted by atomic mass is 10.0. The van der Waals surface area contributed by atoms with E-state index >= 15 is 0 Å². The maximum atomic E-state index is 13.6. The topological polar surface area (TPSA) is 70.7 Å². The molecule has 2 aromatic rings. The van der Waals surface area contributed by atoms with Crippen molar-refractivity contribution in [2.24, 2.45) is 0 Å². The van der Waals surface area contributed by atoms with Crippen LogP contribution in [0.15, 0.2) is 42.5 Å². The largest absolute Gasteiger partial charge is 0.482 e. The molecule has 2 heterocycles. The first-order chi connectivity index (χ1) is 12.6. The quantitative estimate of drug-likeness (QED) is 0.824. The molecule has 0 aliphatic carbocycles. The molecule has 142 valence electrons. The van der Waals surface area contributed by atoms with Crippen LogP contribution in [-0.2, 0) is 4.79 Å². The van der Waals surface area contributed by atoms with E-state index in [0.717, 1.165) is 5.56 Å². The summed E-state index contributed by atoms with van der Waals surface area (Å²) in [6.45, 7) is 1.71. The Bertz CT molecular complexity index is 877. The fourth-order valence-corrected chi connectivity index (χ4v) is 3.34. The molecule has 1 saturated heterocycles. The number of benzene rings is 2. The molecule has 1 fully saturated rings. The maximum Gasteiger partial charge on any atom is 0.262 e. The molecule has 1 atom stereocenters. The summed E-state index contributed by atoms with van der Waals surface area (Å²) >= 11 is 0. The van der Waals surface area contributed by atoms with Gasteiger partial charge >= 0.3 is 0 Å². The zero-order valence-electron chi connectivity index (χ0n) is 14.4. The summed E-state index contributed by atoms with van der Waals surface area (Å²) in [5, 5.41) is 5.96. The monoisotopic (exact) mass is 391 g/mol. The molecular weight excluding hydrogens is 373 g/mol. The standard InChI is InChI=1S/C19H18FN3O3.ClH/c20-14-3-1-2-12(8-14)16-10-21-6-7-23(16)19(25)13-4-5-17-15(9-13)22-18(24)11-26-17;/h1-5,8-9,16,21H,6-7,10-11H2,(H,22,24);1H. The molecule has 6 nitrogen and oxygen atoms in total. The number of nitrogens with one attached hydrogen (secondary N) is 2. The normalized spacial score (nSPS) is 18.6. The molecule has 2 aliphatic rings. The number of ether oxygens (including phenoxy) is 1. The molecule has 0 aromatic heterocycles. The van der Waals surface area contributed by atoms with Crippen LogP contribution < -0.4 is 15.4 Å². The summed E-state index contributed by atoms with van der Waals surface area (Å²) < 4.78 is 19.0. The van der Waals surface area contributed by atoms with Crippen molar-refractivity contribution in [3.63, 3.8) is 0 Å². The van der Waals surface area contributed by atoms with Crippen molar-refractivity contribution in [2.75, 3.05) is 31.6 Å². The number of fused-ring (bicyclic) bond motifs is 1. The summed E-state index contributed by atoms with van der Waals surface area (Å²) in [5.74, 6) is -0.192. The predicted molar refractivity (Wildman–Crippen MR) is 101 cm³/mol. The van der Waals surface area contributed by atoms with Crippen LogP contribution in [0, 0.1) is 5.82 Å². The molecule has 0 spiro atoms. The van der Waals surface area contributed by atoms with Gasteiger partial charge in [-0.25, -0.2) is 4.39 Å². The minimum atomic E-state index is -0.325. The van der Waals surface area contributed by atoms with Gasteiger partial charge in [-0.15, -0.1) is 12.4 Å². The third-order valence-corrected chi connectivity index (χ3v) is 4.60. The molecule has 0 saturated carbocycles. The molecule has 2 amide bonds. The Morgan fingerprint density at radius 1 is 1.22 bits per heavy atom. The van der Waals surface area contributed by atoms with Gasteiger partial charge in [-0.3, -0.25) is 9.59 Å². The number of anilines is 1. The van der Waals surface area contributed by atoms with E-state index in [0.29, 0.717) is 36.6 Å². The first kappa shape index (κ1) is 19.1. The van der Waals surface area contributed by atoms with Crippen LogP contribution in [0.4, 0.5) is 10.1 Å². The lowest BCUT2D eigenvalue weighted by Gasteiger charge is -2.36. The van der Waals surface area contributed by atoms with Crippen molar-refractivity contribution >= 4 is 29.9 Å². The zero-order valence-corrected chi connectivity index (χ0v) is 15.2. The smallest absolute Gasteiger partial charge is 0.262 e. The lowest BCUT2D eigenvalue weighted by Crippen LogP contribution is -2.48. The van der Waals surface area contributed by atoms with E-state index in [4.69, 9.17) is 4.74 Å². The van der Waals surface area contributed by atoms with Crippen LogP contribution in [0.25, 0.3) is 0 Å². The van der Waals surface area contributed by atoms with Gasteiger partial charge in [0, 0.05) is 25.2 Å². The highest BCUT2D eigenvalue weighted by molar-refractivity contribution is 6.00. The fourth-order valence-electron chi connectivity index (χ4n) is 3.34. The summed E-state index contributed by atoms with van der Waals surface area (Å²) in [7, 11) is 0. The van der Waals surface area contributed by atoms with Gasteiger partial charge in [-0.2, -0.15) is 0 Å². The predicted octanol–water partition coefficient (Wildman–Crippen LogP) is 2.37. The van der Waals surface area contributed by atoms with E-state index in [2.05, 4.69) is 10.6 Å². The molecule has 2 aliphatic heterocycles. The SMILES string of the molecule is Cl.O=C1COc2ccc(C(=O)N3CCNCC3c3cccc(F)c3)cc2N1. The fraction of sp³-hybridized carbons (Fsp3) is 0.263. The van der Waals surface area contributed by atoms with Crippen LogP contribution in [0.3, 0.4) is 0 Å². The van der Waals surface area contributed by atoms with E-state index in [-0.39, 0.29) is 42.7 Å². The Morgan fingerprint density at radius 2 is 2.07 bits per heavy atom. The Balaban J connectivity index is 0.00000210. The van der Waals surface area contributed by atoms with Crippen LogP contribution in [-0.4, -0.2) is 43.0 Å². The minimum absolute atomic E-state index is 0. The number of piperazine rings is 1. The summed E-state index contributed by atoms with van der Waals surface area (Å²) in [6.07, 6.45) is 0. The van der Waals surface area contributed by atoms with Gasteiger partial charge in [0.1, 0.15) is 11.6 Å². The van der Waals surface area contributed by atoms with E-state index in [1.165, 1.54) is 12.1 Å². The minimum Gasteiger partial charge on any atom is -0.482 e. The van der Waals surface area contributed by atoms with Crippen molar-refractivity contribution in [1.29, 1.82) is 0 Å². The third kappa shape index (κ3) is 3.89. The summed E-state index contributed by atoms with van der Waals surface area (Å²) in [5.41, 5.74) is 1.70. The third-order valence-electron chi connectivity index (χ3n) is 4.60. The van der Waals surface area contributed by atoms with Crippen molar-refractivity contribution < 1.29 is 18.7 Å². The molecule has 0 radical (unpaired) electrons. The van der Waals surface area contributed by atoms with Crippen molar-refractivity contribution in [1.82, 2.24) is 10.2 Å². The molecule has 1 unspecified atom stereocenters. The summed E-state index contributed by atoms with van der Waals surface area (Å²) in [6, 6.07) is 11.0. The maximum absolute atomic E-state index is 13.6. The summed E-state index contributed by atoms with van der Waals surface area (Å²) in [4.78, 5) is 26.3. The van der Waals surface area contributed by atoms with Crippen molar-refractivity contribution in [3.05, 3.63) is 59.4 Å². The van der Waals surface area contributed by atoms with E-state index < -0.39 is 0 Å². The van der Waals surface area contributed by atoms with Gasteiger partial charge in [0.15, 0.2) is 6.61 Å². The second-order valence-corrected chi connectivity index (χ2v) is 6.32. The number of amides is 2. The molecule has 2 aromatic carbocycles. The number of carbonyl (C=O) groups excluding carboxylic acids is 2. The van der Waals surface area contributed by atoms with Crippen molar-refractivity contribution in [2.45, 2.75) is 6.04 Å². The van der Waals surface area contributed by atoms with E-state index in [1.54, 1.807) is 29.2 Å². The zero-order chi connectivity index (χ0) is 18.1. The molecule has 8 heteroatoms. The van der Waals surface area contributed by atoms with Gasteiger partial charge in [-0.1, -0.05) is 12.1 Å². The highest BCUT2D eigenvalue weighted by Gasteiger charge is 2.29. The number of nitrogens with zero attached hydrogens (tertiary/aromatic N) is 1. The van der Waals surface area contributed by atoms with Crippen LogP contribution in [0.1, 0.15) is 22.0 Å². The molecule has 2 N–H and O–H groups in total. The Hall–Kier alpha value is -2.64. The lowest BCUT2D eigenvalue weighted by molar-refractivity contribution is -0.118. The van der Waals surface area contributed by atoms with E-state index in [1.807, 2.05) is 6.07 Å². The molecule has 4 rings (SSSR count). The van der Waals surface area contributed by atoms with Crippen LogP contribution in [0.5, 0.6) is 5.75 Å². The van der Waals surface area contributed by atoms with Gasteiger partial charge in [0.05, 0.1) is 11.7 Å². The van der Waals surface area contributed by atoms with Gasteiger partial charge in [-0.05, 0) is 35.9 Å². The Morgan fingerprint density at radius 3 is 2.89 bits per heavy atom. The van der Waals surface area contributed by atoms with Crippen molar-refractivity contribution in [3.8, 4) is 5.75 Å². The molecule has 0 bridgehead atoms. The Kier molecular flexibility index (Phi) is 5.62. The first-order valence-corrected chi connectivity index (χ1v) is 8.46. The second kappa shape index (κ2) is 7.94. The number of rotatable bonds is 2. The van der Waals surface area contributed by atoms with Gasteiger partial charge in [0.2, 0.25) is 0 Å². The van der Waals surface area contributed by atoms with Gasteiger partial charge < -0.3 is 20.3 Å². The number of halogens is 2.